The summed E-state index contributed by atoms with van der Waals surface area (Å²) in [4.78, 5) is 19.1. The summed E-state index contributed by atoms with van der Waals surface area (Å²) in [7, 11) is 0. The summed E-state index contributed by atoms with van der Waals surface area (Å²) in [6.07, 6.45) is 4.74. The molecule has 17 heavy (non-hydrogen) atoms. The Morgan fingerprint density at radius 2 is 2.35 bits per heavy atom. The van der Waals surface area contributed by atoms with Crippen molar-refractivity contribution in [3.63, 3.8) is 0 Å². The second-order valence-electron chi connectivity index (χ2n) is 3.61. The Balaban J connectivity index is 2.42. The quantitative estimate of drug-likeness (QED) is 0.668. The van der Waals surface area contributed by atoms with E-state index in [9.17, 15) is 4.79 Å². The Bertz CT molecular complexity index is 546. The van der Waals surface area contributed by atoms with E-state index < -0.39 is 0 Å². The number of rotatable bonds is 4. The van der Waals surface area contributed by atoms with Gasteiger partial charge < -0.3 is 9.40 Å². The molecule has 4 nitrogen and oxygen atoms in total. The number of nitrogens with one attached hydrogen (secondary N) is 1. The van der Waals surface area contributed by atoms with Gasteiger partial charge in [-0.3, -0.25) is 4.79 Å². The van der Waals surface area contributed by atoms with Crippen molar-refractivity contribution < 1.29 is 4.42 Å². The number of H-pyrrole nitrogens is 1. The van der Waals surface area contributed by atoms with Crippen LogP contribution in [0.4, 0.5) is 0 Å². The van der Waals surface area contributed by atoms with Crippen molar-refractivity contribution in [3.05, 3.63) is 45.8 Å². The molecule has 0 saturated heterocycles. The van der Waals surface area contributed by atoms with Crippen molar-refractivity contribution >= 4 is 11.8 Å². The molecule has 0 radical (unpaired) electrons. The third kappa shape index (κ3) is 2.61. The molecule has 0 fully saturated rings. The minimum absolute atomic E-state index is 0.0717. The summed E-state index contributed by atoms with van der Waals surface area (Å²) in [5, 5.41) is 0.662. The van der Waals surface area contributed by atoms with Crippen molar-refractivity contribution in [1.82, 2.24) is 9.97 Å². The number of thioether (sulfide) groups is 1. The Hall–Kier alpha value is -1.49. The van der Waals surface area contributed by atoms with Crippen LogP contribution in [0.2, 0.25) is 0 Å². The van der Waals surface area contributed by atoms with Crippen LogP contribution in [0.5, 0.6) is 0 Å². The highest BCUT2D eigenvalue weighted by molar-refractivity contribution is 7.98. The van der Waals surface area contributed by atoms with E-state index in [0.717, 1.165) is 17.9 Å². The standard InChI is InChI=1S/C12H14N2O2S/c1-3-10-9(7-8-5-4-6-16-8)11(15)14-12(13-10)17-2/h4-6H,3,7H2,1-2H3,(H,13,14,15). The fourth-order valence-electron chi connectivity index (χ4n) is 1.68. The zero-order valence-corrected chi connectivity index (χ0v) is 10.6. The highest BCUT2D eigenvalue weighted by Gasteiger charge is 2.11. The lowest BCUT2D eigenvalue weighted by atomic mass is 10.1. The number of hydrogen-bond acceptors (Lipinski definition) is 4. The first-order valence-corrected chi connectivity index (χ1v) is 6.65. The summed E-state index contributed by atoms with van der Waals surface area (Å²) in [6.45, 7) is 2.00. The predicted molar refractivity (Wildman–Crippen MR) is 67.5 cm³/mol. The smallest absolute Gasteiger partial charge is 0.255 e. The van der Waals surface area contributed by atoms with Gasteiger partial charge in [0.1, 0.15) is 5.76 Å². The Morgan fingerprint density at radius 3 is 2.94 bits per heavy atom. The molecular weight excluding hydrogens is 236 g/mol. The minimum Gasteiger partial charge on any atom is -0.469 e. The van der Waals surface area contributed by atoms with Crippen molar-refractivity contribution in [2.45, 2.75) is 24.9 Å². The summed E-state index contributed by atoms with van der Waals surface area (Å²) in [6, 6.07) is 3.68. The molecule has 0 aliphatic carbocycles. The molecule has 2 aromatic heterocycles. The summed E-state index contributed by atoms with van der Waals surface area (Å²) >= 11 is 1.44. The van der Waals surface area contributed by atoms with E-state index in [1.165, 1.54) is 11.8 Å². The molecule has 0 atom stereocenters. The van der Waals surface area contributed by atoms with Gasteiger partial charge in [-0.25, -0.2) is 4.98 Å². The fraction of sp³-hybridized carbons (Fsp3) is 0.333. The van der Waals surface area contributed by atoms with Crippen LogP contribution in [0.15, 0.2) is 32.8 Å². The van der Waals surface area contributed by atoms with Crippen LogP contribution in [-0.2, 0) is 12.8 Å². The van der Waals surface area contributed by atoms with Crippen molar-refractivity contribution in [1.29, 1.82) is 0 Å². The topological polar surface area (TPSA) is 58.9 Å². The van der Waals surface area contributed by atoms with Crippen LogP contribution in [0.25, 0.3) is 0 Å². The molecule has 0 bridgehead atoms. The lowest BCUT2D eigenvalue weighted by Gasteiger charge is -2.06. The van der Waals surface area contributed by atoms with Gasteiger partial charge in [0.15, 0.2) is 5.16 Å². The molecule has 1 N–H and O–H groups in total. The van der Waals surface area contributed by atoms with Crippen LogP contribution >= 0.6 is 11.8 Å². The van der Waals surface area contributed by atoms with Crippen LogP contribution < -0.4 is 5.56 Å². The van der Waals surface area contributed by atoms with Crippen LogP contribution in [0, 0.1) is 0 Å². The Morgan fingerprint density at radius 1 is 1.53 bits per heavy atom. The summed E-state index contributed by atoms with van der Waals surface area (Å²) < 4.78 is 5.26. The van der Waals surface area contributed by atoms with E-state index in [2.05, 4.69) is 9.97 Å². The molecule has 0 aliphatic heterocycles. The number of aromatic amines is 1. The zero-order valence-electron chi connectivity index (χ0n) is 9.82. The molecule has 0 spiro atoms. The molecule has 2 heterocycles. The SMILES string of the molecule is CCc1nc(SC)[nH]c(=O)c1Cc1ccco1. The normalized spacial score (nSPS) is 10.7. The highest BCUT2D eigenvalue weighted by atomic mass is 32.2. The predicted octanol–water partition coefficient (Wildman–Crippen LogP) is 2.24. The van der Waals surface area contributed by atoms with Gasteiger partial charge in [0.2, 0.25) is 0 Å². The molecule has 2 aromatic rings. The number of nitrogens with zero attached hydrogens (tertiary/aromatic N) is 1. The van der Waals surface area contributed by atoms with Crippen LogP contribution in [0.3, 0.4) is 0 Å². The van der Waals surface area contributed by atoms with E-state index in [0.29, 0.717) is 17.1 Å². The van der Waals surface area contributed by atoms with E-state index in [-0.39, 0.29) is 5.56 Å². The molecule has 0 amide bonds. The van der Waals surface area contributed by atoms with Gasteiger partial charge in [0, 0.05) is 12.0 Å². The van der Waals surface area contributed by atoms with Gasteiger partial charge in [-0.1, -0.05) is 18.7 Å². The first-order chi connectivity index (χ1) is 8.24. The summed E-state index contributed by atoms with van der Waals surface area (Å²) in [5.74, 6) is 0.781. The molecule has 2 rings (SSSR count). The fourth-order valence-corrected chi connectivity index (χ4v) is 2.08. The maximum Gasteiger partial charge on any atom is 0.255 e. The average Bonchev–Trinajstić information content (AvgIpc) is 2.84. The first-order valence-electron chi connectivity index (χ1n) is 5.43. The molecule has 90 valence electrons. The van der Waals surface area contributed by atoms with Crippen molar-refractivity contribution in [2.75, 3.05) is 6.26 Å². The number of aryl methyl sites for hydroxylation is 1. The first kappa shape index (κ1) is 12.0. The number of furan rings is 1. The van der Waals surface area contributed by atoms with Gasteiger partial charge in [-0.2, -0.15) is 0 Å². The maximum atomic E-state index is 12.0. The van der Waals surface area contributed by atoms with E-state index in [1.807, 2.05) is 25.3 Å². The lowest BCUT2D eigenvalue weighted by molar-refractivity contribution is 0.518. The number of aromatic nitrogens is 2. The molecular formula is C12H14N2O2S. The van der Waals surface area contributed by atoms with E-state index in [4.69, 9.17) is 4.42 Å². The molecule has 0 aliphatic rings. The Labute approximate surface area is 103 Å². The second kappa shape index (κ2) is 5.23. The van der Waals surface area contributed by atoms with Crippen molar-refractivity contribution in [2.24, 2.45) is 0 Å². The largest absolute Gasteiger partial charge is 0.469 e. The zero-order chi connectivity index (χ0) is 12.3. The van der Waals surface area contributed by atoms with E-state index >= 15 is 0 Å². The van der Waals surface area contributed by atoms with Crippen LogP contribution in [-0.4, -0.2) is 16.2 Å². The molecule has 0 unspecified atom stereocenters. The molecule has 0 saturated carbocycles. The maximum absolute atomic E-state index is 12.0. The number of hydrogen-bond donors (Lipinski definition) is 1. The highest BCUT2D eigenvalue weighted by Crippen LogP contribution is 2.13. The average molecular weight is 250 g/mol. The van der Waals surface area contributed by atoms with Gasteiger partial charge in [0.05, 0.1) is 12.0 Å². The Kier molecular flexibility index (Phi) is 3.68. The lowest BCUT2D eigenvalue weighted by Crippen LogP contribution is -2.18. The minimum atomic E-state index is -0.0717. The van der Waals surface area contributed by atoms with Gasteiger partial charge in [-0.15, -0.1) is 0 Å². The van der Waals surface area contributed by atoms with Gasteiger partial charge in [-0.05, 0) is 24.8 Å². The third-order valence-corrected chi connectivity index (χ3v) is 3.12. The van der Waals surface area contributed by atoms with Crippen molar-refractivity contribution in [3.8, 4) is 0 Å². The molecule has 0 aromatic carbocycles. The van der Waals surface area contributed by atoms with Gasteiger partial charge >= 0.3 is 0 Å². The molecule has 5 heteroatoms. The van der Waals surface area contributed by atoms with E-state index in [1.54, 1.807) is 6.26 Å². The summed E-state index contributed by atoms with van der Waals surface area (Å²) in [5.41, 5.74) is 1.47. The monoisotopic (exact) mass is 250 g/mol. The van der Waals surface area contributed by atoms with Gasteiger partial charge in [0.25, 0.3) is 5.56 Å². The second-order valence-corrected chi connectivity index (χ2v) is 4.41. The van der Waals surface area contributed by atoms with Crippen LogP contribution in [0.1, 0.15) is 23.9 Å². The third-order valence-electron chi connectivity index (χ3n) is 2.54.